The molecule has 1 amide bonds. The van der Waals surface area contributed by atoms with Gasteiger partial charge in [-0.15, -0.1) is 0 Å². The van der Waals surface area contributed by atoms with E-state index in [0.29, 0.717) is 12.8 Å². The fourth-order valence-electron chi connectivity index (χ4n) is 4.50. The molecule has 3 rings (SSSR count). The maximum absolute atomic E-state index is 12.4. The quantitative estimate of drug-likeness (QED) is 0.814. The predicted molar refractivity (Wildman–Crippen MR) is 101 cm³/mol. The van der Waals surface area contributed by atoms with Gasteiger partial charge in [0.25, 0.3) is 0 Å². The van der Waals surface area contributed by atoms with Crippen LogP contribution >= 0.6 is 0 Å². The average Bonchev–Trinajstić information content (AvgIpc) is 2.64. The van der Waals surface area contributed by atoms with Gasteiger partial charge >= 0.3 is 5.97 Å². The van der Waals surface area contributed by atoms with Crippen molar-refractivity contribution in [2.45, 2.75) is 44.9 Å². The molecule has 0 bridgehead atoms. The molecule has 2 aliphatic heterocycles. The first kappa shape index (κ1) is 18.9. The zero-order valence-electron chi connectivity index (χ0n) is 15.5. The van der Waals surface area contributed by atoms with Crippen LogP contribution in [0.1, 0.15) is 44.1 Å². The van der Waals surface area contributed by atoms with Crippen LogP contribution < -0.4 is 0 Å². The molecule has 5 nitrogen and oxygen atoms in total. The Hall–Kier alpha value is -1.88. The molecule has 1 spiro atoms. The topological polar surface area (TPSA) is 60.9 Å². The maximum atomic E-state index is 12.4. The summed E-state index contributed by atoms with van der Waals surface area (Å²) in [5, 5.41) is 8.84. The molecule has 1 N–H and O–H groups in total. The highest BCUT2D eigenvalue weighted by atomic mass is 16.4. The number of carbonyl (C=O) groups excluding carboxylic acids is 1. The number of benzene rings is 1. The average molecular weight is 358 g/mol. The van der Waals surface area contributed by atoms with Crippen LogP contribution in [0.4, 0.5) is 0 Å². The van der Waals surface area contributed by atoms with Gasteiger partial charge in [0.05, 0.1) is 0 Å². The van der Waals surface area contributed by atoms with Gasteiger partial charge in [0, 0.05) is 37.9 Å². The van der Waals surface area contributed by atoms with Crippen molar-refractivity contribution in [2.24, 2.45) is 5.41 Å². The molecular formula is C21H30N2O3. The fourth-order valence-corrected chi connectivity index (χ4v) is 4.50. The largest absolute Gasteiger partial charge is 0.481 e. The van der Waals surface area contributed by atoms with Gasteiger partial charge < -0.3 is 14.9 Å². The Morgan fingerprint density at radius 1 is 1.12 bits per heavy atom. The molecule has 5 heteroatoms. The molecule has 0 radical (unpaired) electrons. The Balaban J connectivity index is 1.55. The van der Waals surface area contributed by atoms with Gasteiger partial charge in [-0.3, -0.25) is 9.59 Å². The number of likely N-dealkylation sites (tertiary alicyclic amines) is 2. The summed E-state index contributed by atoms with van der Waals surface area (Å²) in [5.41, 5.74) is 1.48. The summed E-state index contributed by atoms with van der Waals surface area (Å²) in [7, 11) is 0. The van der Waals surface area contributed by atoms with E-state index in [1.54, 1.807) is 0 Å². The second kappa shape index (κ2) is 8.67. The highest BCUT2D eigenvalue weighted by Gasteiger charge is 2.41. The molecule has 1 atom stereocenters. The second-order valence-electron chi connectivity index (χ2n) is 7.93. The summed E-state index contributed by atoms with van der Waals surface area (Å²) in [4.78, 5) is 27.6. The Labute approximate surface area is 156 Å². The lowest BCUT2D eigenvalue weighted by atomic mass is 9.73. The van der Waals surface area contributed by atoms with E-state index in [9.17, 15) is 9.59 Å². The number of rotatable bonds is 7. The number of piperidine rings is 2. The number of amides is 1. The molecule has 2 saturated heterocycles. The molecule has 0 aromatic heterocycles. The number of carbonyl (C=O) groups is 2. The summed E-state index contributed by atoms with van der Waals surface area (Å²) >= 11 is 0. The van der Waals surface area contributed by atoms with E-state index >= 15 is 0 Å². The number of carboxylic acid groups (broad SMARTS) is 1. The number of aliphatic carboxylic acids is 1. The van der Waals surface area contributed by atoms with Crippen LogP contribution in [0.2, 0.25) is 0 Å². The standard InChI is InChI=1S/C21H30N2O3/c24-19-9-12-21(11-5-14-22(16-21)13-4-8-20(25)26)17-23(19)15-10-18-6-2-1-3-7-18/h1-3,6-7H,4-5,8-17H2,(H,25,26). The van der Waals surface area contributed by atoms with Crippen molar-refractivity contribution < 1.29 is 14.7 Å². The van der Waals surface area contributed by atoms with E-state index < -0.39 is 5.97 Å². The monoisotopic (exact) mass is 358 g/mol. The third kappa shape index (κ3) is 5.07. The van der Waals surface area contributed by atoms with Crippen molar-refractivity contribution in [1.29, 1.82) is 0 Å². The molecule has 1 aromatic rings. The molecule has 0 saturated carbocycles. The van der Waals surface area contributed by atoms with Crippen LogP contribution in [-0.2, 0) is 16.0 Å². The lowest BCUT2D eigenvalue weighted by Crippen LogP contribution is -2.54. The maximum Gasteiger partial charge on any atom is 0.303 e. The van der Waals surface area contributed by atoms with Crippen molar-refractivity contribution in [3.8, 4) is 0 Å². The second-order valence-corrected chi connectivity index (χ2v) is 7.93. The Kier molecular flexibility index (Phi) is 6.30. The number of hydrogen-bond donors (Lipinski definition) is 1. The normalized spacial score (nSPS) is 24.2. The van der Waals surface area contributed by atoms with E-state index in [1.807, 2.05) is 18.2 Å². The van der Waals surface area contributed by atoms with Gasteiger partial charge in [-0.1, -0.05) is 30.3 Å². The minimum atomic E-state index is -0.716. The van der Waals surface area contributed by atoms with Crippen molar-refractivity contribution in [3.63, 3.8) is 0 Å². The van der Waals surface area contributed by atoms with Gasteiger partial charge in [0.2, 0.25) is 5.91 Å². The van der Waals surface area contributed by atoms with Crippen LogP contribution in [0, 0.1) is 5.41 Å². The zero-order chi connectivity index (χ0) is 18.4. The summed E-state index contributed by atoms with van der Waals surface area (Å²) in [6, 6.07) is 10.4. The third-order valence-electron chi connectivity index (χ3n) is 5.87. The van der Waals surface area contributed by atoms with E-state index in [1.165, 1.54) is 12.0 Å². The Morgan fingerprint density at radius 3 is 2.69 bits per heavy atom. The van der Waals surface area contributed by atoms with E-state index in [0.717, 1.165) is 52.0 Å². The molecule has 2 aliphatic rings. The smallest absolute Gasteiger partial charge is 0.303 e. The predicted octanol–water partition coefficient (Wildman–Crippen LogP) is 2.80. The Bertz CT molecular complexity index is 619. The molecule has 26 heavy (non-hydrogen) atoms. The van der Waals surface area contributed by atoms with Crippen LogP contribution in [0.3, 0.4) is 0 Å². The van der Waals surface area contributed by atoms with Crippen molar-refractivity contribution >= 4 is 11.9 Å². The summed E-state index contributed by atoms with van der Waals surface area (Å²) in [5.74, 6) is -0.429. The van der Waals surface area contributed by atoms with Gasteiger partial charge in [-0.2, -0.15) is 0 Å². The molecule has 2 fully saturated rings. The molecule has 2 heterocycles. The van der Waals surface area contributed by atoms with Gasteiger partial charge in [0.1, 0.15) is 0 Å². The van der Waals surface area contributed by atoms with E-state index in [-0.39, 0.29) is 17.7 Å². The summed E-state index contributed by atoms with van der Waals surface area (Å²) in [6.07, 6.45) is 5.81. The molecule has 0 aliphatic carbocycles. The van der Waals surface area contributed by atoms with Crippen molar-refractivity contribution in [1.82, 2.24) is 9.80 Å². The number of carboxylic acids is 1. The highest BCUT2D eigenvalue weighted by Crippen LogP contribution is 2.39. The number of nitrogens with zero attached hydrogens (tertiary/aromatic N) is 2. The van der Waals surface area contributed by atoms with Crippen LogP contribution in [-0.4, -0.2) is 59.5 Å². The lowest BCUT2D eigenvalue weighted by molar-refractivity contribution is -0.140. The van der Waals surface area contributed by atoms with Crippen LogP contribution in [0.25, 0.3) is 0 Å². The van der Waals surface area contributed by atoms with E-state index in [2.05, 4.69) is 21.9 Å². The van der Waals surface area contributed by atoms with Crippen molar-refractivity contribution in [3.05, 3.63) is 35.9 Å². The first-order valence-corrected chi connectivity index (χ1v) is 9.82. The van der Waals surface area contributed by atoms with Crippen molar-refractivity contribution in [2.75, 3.05) is 32.7 Å². The molecular weight excluding hydrogens is 328 g/mol. The van der Waals surface area contributed by atoms with Crippen LogP contribution in [0.5, 0.6) is 0 Å². The first-order chi connectivity index (χ1) is 12.6. The SMILES string of the molecule is O=C(O)CCCN1CCCC2(CCC(=O)N(CCc3ccccc3)C2)C1. The lowest BCUT2D eigenvalue weighted by Gasteiger charge is -2.48. The van der Waals surface area contributed by atoms with E-state index in [4.69, 9.17) is 5.11 Å². The minimum absolute atomic E-state index is 0.200. The summed E-state index contributed by atoms with van der Waals surface area (Å²) in [6.45, 7) is 4.56. The van der Waals surface area contributed by atoms with Gasteiger partial charge in [-0.25, -0.2) is 0 Å². The minimum Gasteiger partial charge on any atom is -0.481 e. The molecule has 1 unspecified atom stereocenters. The number of hydrogen-bond acceptors (Lipinski definition) is 3. The Morgan fingerprint density at radius 2 is 1.92 bits per heavy atom. The van der Waals surface area contributed by atoms with Crippen LogP contribution in [0.15, 0.2) is 30.3 Å². The highest BCUT2D eigenvalue weighted by molar-refractivity contribution is 5.77. The summed E-state index contributed by atoms with van der Waals surface area (Å²) < 4.78 is 0. The fraction of sp³-hybridized carbons (Fsp3) is 0.619. The molecule has 142 valence electrons. The zero-order valence-corrected chi connectivity index (χ0v) is 15.5. The van der Waals surface area contributed by atoms with Gasteiger partial charge in [-0.05, 0) is 50.8 Å². The van der Waals surface area contributed by atoms with Gasteiger partial charge in [0.15, 0.2) is 0 Å². The first-order valence-electron chi connectivity index (χ1n) is 9.82. The molecule has 1 aromatic carbocycles. The third-order valence-corrected chi connectivity index (χ3v) is 5.87.